The summed E-state index contributed by atoms with van der Waals surface area (Å²) in [5.41, 5.74) is 3.35. The summed E-state index contributed by atoms with van der Waals surface area (Å²) in [6.45, 7) is 4.90. The van der Waals surface area contributed by atoms with E-state index in [9.17, 15) is 9.59 Å². The Morgan fingerprint density at radius 2 is 1.83 bits per heavy atom. The second kappa shape index (κ2) is 7.52. The van der Waals surface area contributed by atoms with E-state index in [1.807, 2.05) is 50.2 Å². The molecular formula is C22H23ClN4O2. The Hall–Kier alpha value is -2.86. The molecule has 29 heavy (non-hydrogen) atoms. The second-order valence-corrected chi connectivity index (χ2v) is 8.05. The summed E-state index contributed by atoms with van der Waals surface area (Å²) in [6.07, 6.45) is 1.16. The number of hydrogen-bond acceptors (Lipinski definition) is 3. The lowest BCUT2D eigenvalue weighted by Gasteiger charge is -2.37. The van der Waals surface area contributed by atoms with Crippen molar-refractivity contribution < 1.29 is 9.59 Å². The normalized spacial score (nSPS) is 17.8. The van der Waals surface area contributed by atoms with Crippen molar-refractivity contribution >= 4 is 34.9 Å². The Morgan fingerprint density at radius 1 is 1.14 bits per heavy atom. The van der Waals surface area contributed by atoms with Crippen LogP contribution in [0.2, 0.25) is 5.02 Å². The summed E-state index contributed by atoms with van der Waals surface area (Å²) in [6, 6.07) is 13.1. The molecule has 0 saturated carbocycles. The van der Waals surface area contributed by atoms with Crippen molar-refractivity contribution in [2.45, 2.75) is 32.4 Å². The van der Waals surface area contributed by atoms with Crippen molar-refractivity contribution in [2.24, 2.45) is 4.99 Å². The highest BCUT2D eigenvalue weighted by Crippen LogP contribution is 2.30. The molecule has 1 fully saturated rings. The lowest BCUT2D eigenvalue weighted by Crippen LogP contribution is -2.53. The van der Waals surface area contributed by atoms with Gasteiger partial charge in [-0.05, 0) is 31.5 Å². The second-order valence-electron chi connectivity index (χ2n) is 7.64. The maximum absolute atomic E-state index is 12.7. The molecule has 2 aliphatic heterocycles. The number of carbonyl (C=O) groups is 2. The first-order valence-electron chi connectivity index (χ1n) is 9.67. The number of likely N-dealkylation sites (tertiary alicyclic amines) is 1. The van der Waals surface area contributed by atoms with Crippen LogP contribution in [0, 0.1) is 13.8 Å². The zero-order chi connectivity index (χ0) is 20.6. The van der Waals surface area contributed by atoms with Gasteiger partial charge < -0.3 is 15.5 Å². The monoisotopic (exact) mass is 410 g/mol. The maximum atomic E-state index is 12.7. The fourth-order valence-electron chi connectivity index (χ4n) is 3.72. The number of anilines is 1. The van der Waals surface area contributed by atoms with E-state index in [0.717, 1.165) is 16.7 Å². The van der Waals surface area contributed by atoms with Crippen molar-refractivity contribution in [1.29, 1.82) is 0 Å². The number of halogens is 1. The first kappa shape index (κ1) is 19.5. The SMILES string of the molecule is Cc1ccc(C2=NC3(CCN(C(=O)Nc4cccc(Cl)c4C)CC3)NC2=O)cc1. The highest BCUT2D eigenvalue weighted by atomic mass is 35.5. The Morgan fingerprint density at radius 3 is 2.52 bits per heavy atom. The summed E-state index contributed by atoms with van der Waals surface area (Å²) in [5, 5.41) is 6.59. The highest BCUT2D eigenvalue weighted by Gasteiger charge is 2.42. The van der Waals surface area contributed by atoms with Gasteiger partial charge in [-0.2, -0.15) is 0 Å². The quantitative estimate of drug-likeness (QED) is 0.787. The van der Waals surface area contributed by atoms with E-state index in [1.165, 1.54) is 0 Å². The lowest BCUT2D eigenvalue weighted by atomic mass is 9.98. The molecule has 0 aliphatic carbocycles. The van der Waals surface area contributed by atoms with Gasteiger partial charge in [0.05, 0.1) is 0 Å². The van der Waals surface area contributed by atoms with E-state index in [1.54, 1.807) is 11.0 Å². The summed E-state index contributed by atoms with van der Waals surface area (Å²) < 4.78 is 0. The third-order valence-corrected chi connectivity index (χ3v) is 6.01. The van der Waals surface area contributed by atoms with E-state index in [0.29, 0.717) is 42.4 Å². The average Bonchev–Trinajstić information content (AvgIpc) is 3.02. The van der Waals surface area contributed by atoms with Gasteiger partial charge in [-0.1, -0.05) is 47.5 Å². The number of aliphatic imine (C=N–C) groups is 1. The van der Waals surface area contributed by atoms with Crippen LogP contribution in [0.5, 0.6) is 0 Å². The van der Waals surface area contributed by atoms with E-state index in [4.69, 9.17) is 16.6 Å². The van der Waals surface area contributed by atoms with Gasteiger partial charge in [0.25, 0.3) is 5.91 Å². The molecule has 7 heteroatoms. The fraction of sp³-hybridized carbons (Fsp3) is 0.318. The fourth-order valence-corrected chi connectivity index (χ4v) is 3.90. The predicted molar refractivity (Wildman–Crippen MR) is 115 cm³/mol. The number of aryl methyl sites for hydroxylation is 1. The number of nitrogens with zero attached hydrogens (tertiary/aromatic N) is 2. The van der Waals surface area contributed by atoms with Crippen molar-refractivity contribution in [2.75, 3.05) is 18.4 Å². The van der Waals surface area contributed by atoms with Gasteiger partial charge in [0.1, 0.15) is 11.4 Å². The van der Waals surface area contributed by atoms with Gasteiger partial charge >= 0.3 is 6.03 Å². The molecule has 1 spiro atoms. The number of urea groups is 1. The largest absolute Gasteiger partial charge is 0.326 e. The van der Waals surface area contributed by atoms with Crippen molar-refractivity contribution in [3.05, 3.63) is 64.2 Å². The van der Waals surface area contributed by atoms with Crippen LogP contribution in [-0.4, -0.2) is 41.3 Å². The Labute approximate surface area is 175 Å². The zero-order valence-corrected chi connectivity index (χ0v) is 17.2. The summed E-state index contributed by atoms with van der Waals surface area (Å²) >= 11 is 6.13. The van der Waals surface area contributed by atoms with Crippen LogP contribution in [0.4, 0.5) is 10.5 Å². The molecule has 0 unspecified atom stereocenters. The van der Waals surface area contributed by atoms with Gasteiger partial charge in [-0.25, -0.2) is 4.79 Å². The van der Waals surface area contributed by atoms with Crippen molar-refractivity contribution in [1.82, 2.24) is 10.2 Å². The minimum Gasteiger partial charge on any atom is -0.326 e. The Kier molecular flexibility index (Phi) is 5.04. The van der Waals surface area contributed by atoms with Gasteiger partial charge in [0.15, 0.2) is 0 Å². The molecule has 3 amide bonds. The standard InChI is InChI=1S/C22H23ClN4O2/c1-14-6-8-16(9-7-14)19-20(28)26-22(25-19)10-12-27(13-11-22)21(29)24-18-5-3-4-17(23)15(18)2/h3-9H,10-13H2,1-2H3,(H,24,29)(H,26,28). The molecule has 0 bridgehead atoms. The number of hydrogen-bond donors (Lipinski definition) is 2. The molecule has 150 valence electrons. The number of nitrogens with one attached hydrogen (secondary N) is 2. The lowest BCUT2D eigenvalue weighted by molar-refractivity contribution is -0.115. The van der Waals surface area contributed by atoms with Gasteiger partial charge in [-0.3, -0.25) is 9.79 Å². The number of rotatable bonds is 2. The minimum absolute atomic E-state index is 0.152. The topological polar surface area (TPSA) is 73.8 Å². The molecular weight excluding hydrogens is 388 g/mol. The van der Waals surface area contributed by atoms with Crippen LogP contribution in [0.25, 0.3) is 0 Å². The third kappa shape index (κ3) is 3.85. The summed E-state index contributed by atoms with van der Waals surface area (Å²) in [7, 11) is 0. The van der Waals surface area contributed by atoms with Crippen LogP contribution in [0.1, 0.15) is 29.5 Å². The average molecular weight is 411 g/mol. The van der Waals surface area contributed by atoms with E-state index in [2.05, 4.69) is 10.6 Å². The number of amides is 3. The predicted octanol–water partition coefficient (Wildman–Crippen LogP) is 3.90. The molecule has 2 aromatic rings. The van der Waals surface area contributed by atoms with E-state index >= 15 is 0 Å². The summed E-state index contributed by atoms with van der Waals surface area (Å²) in [5.74, 6) is -0.152. The van der Waals surface area contributed by atoms with Crippen LogP contribution < -0.4 is 10.6 Å². The Bertz CT molecular complexity index is 992. The molecule has 4 rings (SSSR count). The van der Waals surface area contributed by atoms with Crippen molar-refractivity contribution in [3.63, 3.8) is 0 Å². The number of benzene rings is 2. The molecule has 0 atom stereocenters. The molecule has 1 saturated heterocycles. The van der Waals surface area contributed by atoms with Crippen LogP contribution >= 0.6 is 11.6 Å². The van der Waals surface area contributed by atoms with Gasteiger partial charge in [0.2, 0.25) is 0 Å². The summed E-state index contributed by atoms with van der Waals surface area (Å²) in [4.78, 5) is 31.7. The molecule has 2 heterocycles. The molecule has 2 aromatic carbocycles. The molecule has 6 nitrogen and oxygen atoms in total. The van der Waals surface area contributed by atoms with Gasteiger partial charge in [0, 0.05) is 42.2 Å². The molecule has 2 aliphatic rings. The maximum Gasteiger partial charge on any atom is 0.321 e. The van der Waals surface area contributed by atoms with Crippen molar-refractivity contribution in [3.8, 4) is 0 Å². The number of carbonyl (C=O) groups excluding carboxylic acids is 2. The molecule has 0 aromatic heterocycles. The zero-order valence-electron chi connectivity index (χ0n) is 16.5. The highest BCUT2D eigenvalue weighted by molar-refractivity contribution is 6.46. The first-order chi connectivity index (χ1) is 13.9. The van der Waals surface area contributed by atoms with Crippen LogP contribution in [-0.2, 0) is 4.79 Å². The van der Waals surface area contributed by atoms with Crippen LogP contribution in [0.3, 0.4) is 0 Å². The third-order valence-electron chi connectivity index (χ3n) is 5.60. The molecule has 0 radical (unpaired) electrons. The van der Waals surface area contributed by atoms with Gasteiger partial charge in [-0.15, -0.1) is 0 Å². The number of piperidine rings is 1. The smallest absolute Gasteiger partial charge is 0.321 e. The van der Waals surface area contributed by atoms with Crippen LogP contribution in [0.15, 0.2) is 47.5 Å². The Balaban J connectivity index is 1.43. The van der Waals surface area contributed by atoms with E-state index in [-0.39, 0.29) is 11.9 Å². The first-order valence-corrected chi connectivity index (χ1v) is 10.1. The van der Waals surface area contributed by atoms with E-state index < -0.39 is 5.66 Å². The minimum atomic E-state index is -0.625. The molecule has 2 N–H and O–H groups in total.